The van der Waals surface area contributed by atoms with Gasteiger partial charge in [0.05, 0.1) is 69.0 Å². The first-order chi connectivity index (χ1) is 47.9. The van der Waals surface area contributed by atoms with E-state index in [2.05, 4.69) is 65.3 Å². The summed E-state index contributed by atoms with van der Waals surface area (Å²) in [7, 11) is -15.3. The Morgan fingerprint density at radius 3 is 0.840 bits per heavy atom. The van der Waals surface area contributed by atoms with Crippen molar-refractivity contribution in [3.05, 3.63) is 265 Å². The van der Waals surface area contributed by atoms with E-state index in [0.29, 0.717) is 39.3 Å². The lowest BCUT2D eigenvalue weighted by Gasteiger charge is -2.06. The van der Waals surface area contributed by atoms with E-state index in [1.165, 1.54) is 134 Å². The predicted octanol–water partition coefficient (Wildman–Crippen LogP) is 7.55. The molecule has 0 radical (unpaired) electrons. The molecule has 4 amide bonds. The Labute approximate surface area is 578 Å². The van der Waals surface area contributed by atoms with Crippen LogP contribution in [0.25, 0.3) is 33.8 Å². The van der Waals surface area contributed by atoms with Crippen molar-refractivity contribution in [1.29, 1.82) is 0 Å². The van der Waals surface area contributed by atoms with E-state index in [1.54, 1.807) is 18.2 Å². The number of carbonyl (C=O) groups excluding carboxylic acids is 4. The zero-order valence-corrected chi connectivity index (χ0v) is 56.5. The molecule has 0 fully saturated rings. The summed E-state index contributed by atoms with van der Waals surface area (Å²) in [6, 6.07) is 53.3. The van der Waals surface area contributed by atoms with Crippen LogP contribution < -0.4 is 21.3 Å². The molecule has 7 aromatic carbocycles. The minimum absolute atomic E-state index is 0.0358. The Morgan fingerprint density at radius 1 is 0.330 bits per heavy atom. The van der Waals surface area contributed by atoms with Crippen LogP contribution in [-0.2, 0) is 40.1 Å². The second-order valence-corrected chi connectivity index (χ2v) is 28.0. The van der Waals surface area contributed by atoms with Gasteiger partial charge < -0.3 is 21.3 Å². The van der Waals surface area contributed by atoms with Crippen LogP contribution in [0.2, 0.25) is 0 Å². The maximum Gasteiger partial charge on any atom is 0.282 e. The lowest BCUT2D eigenvalue weighted by Crippen LogP contribution is -2.23. The van der Waals surface area contributed by atoms with Gasteiger partial charge in [-0.2, -0.15) is 70.4 Å². The SMILES string of the molecule is C#CCNC(=O)c1ccc(S(=O)(=O)n2ccc(-c3ccc(C)cc3)n2)cc1.C#CCNC(=O)c1ccc(S(=O)(=O)n2ccc(-c3ccc(C)cc3)n2)cc1.C#CCNC(=O)c1ccc(S(=O)(=O)n2ccc(-c3ccccc3)n2)cc1.C#CCNC(=O)c1ccc(S(=O)(=O)n2cccn2)cc1. The standard InChI is InChI=1S/2C20H17N3O3S.C19H15N3O3S.C13H11N3O3S/c2*1-3-13-21-20(24)17-8-10-18(11-9-17)27(25,26)23-14-12-19(22-23)16-6-4-15(2)5-7-16;1-2-13-20-19(23)16-8-10-17(11-9-16)26(24,25)22-14-12-18(21-22)15-6-4-3-5-7-15;1-2-8-14-13(17)11-4-6-12(7-5-11)20(18,19)16-10-3-9-15-16/h2*1,4-12,14H,13H2,2H3,(H,21,24);1,3-12,14H,13H2,(H,20,23);1,3-7,9-10H,8H2,(H,14,17). The van der Waals surface area contributed by atoms with Crippen LogP contribution in [0.1, 0.15) is 52.6 Å². The molecule has 11 aromatic rings. The van der Waals surface area contributed by atoms with Gasteiger partial charge >= 0.3 is 0 Å². The molecule has 0 saturated heterocycles. The van der Waals surface area contributed by atoms with Crippen LogP contribution in [0, 0.1) is 63.2 Å². The normalized spacial score (nSPS) is 10.9. The highest BCUT2D eigenvalue weighted by Crippen LogP contribution is 2.24. The number of carbonyl (C=O) groups is 4. The van der Waals surface area contributed by atoms with Gasteiger partial charge in [0.2, 0.25) is 0 Å². The summed E-state index contributed by atoms with van der Waals surface area (Å²) in [5.41, 5.74) is 7.67. The van der Waals surface area contributed by atoms with Gasteiger partial charge in [0, 0.05) is 63.7 Å². The first-order valence-electron chi connectivity index (χ1n) is 29.6. The summed E-state index contributed by atoms with van der Waals surface area (Å²) >= 11 is 0. The summed E-state index contributed by atoms with van der Waals surface area (Å²) in [6.07, 6.45) is 27.2. The van der Waals surface area contributed by atoms with E-state index >= 15 is 0 Å². The van der Waals surface area contributed by atoms with Crippen molar-refractivity contribution in [3.8, 4) is 83.1 Å². The van der Waals surface area contributed by atoms with E-state index in [4.69, 9.17) is 25.7 Å². The molecule has 11 rings (SSSR count). The summed E-state index contributed by atoms with van der Waals surface area (Å²) < 4.78 is 104. The van der Waals surface area contributed by atoms with Gasteiger partial charge in [-0.1, -0.05) is 114 Å². The molecule has 0 unspecified atom stereocenters. The van der Waals surface area contributed by atoms with Crippen LogP contribution in [0.3, 0.4) is 0 Å². The second-order valence-electron chi connectivity index (χ2n) is 20.9. The van der Waals surface area contributed by atoms with Crippen molar-refractivity contribution in [2.24, 2.45) is 0 Å². The lowest BCUT2D eigenvalue weighted by atomic mass is 10.1. The fraction of sp³-hybridized carbons (Fsp3) is 0.0833. The van der Waals surface area contributed by atoms with E-state index in [1.807, 2.05) is 92.7 Å². The van der Waals surface area contributed by atoms with E-state index < -0.39 is 40.1 Å². The maximum absolute atomic E-state index is 12.8. The van der Waals surface area contributed by atoms with Crippen molar-refractivity contribution in [2.45, 2.75) is 33.4 Å². The molecule has 4 heterocycles. The molecule has 0 aliphatic carbocycles. The third-order valence-electron chi connectivity index (χ3n) is 14.0. The third-order valence-corrected chi connectivity index (χ3v) is 20.3. The van der Waals surface area contributed by atoms with Gasteiger partial charge in [-0.3, -0.25) is 19.2 Å². The molecular weight excluding hydrogens is 1350 g/mol. The van der Waals surface area contributed by atoms with Gasteiger partial charge in [0.1, 0.15) is 0 Å². The molecule has 28 heteroatoms. The fourth-order valence-electron chi connectivity index (χ4n) is 8.72. The molecule has 504 valence electrons. The average Bonchev–Trinajstić information content (AvgIpc) is 1.57. The van der Waals surface area contributed by atoms with Crippen LogP contribution in [-0.4, -0.2) is 120 Å². The van der Waals surface area contributed by atoms with E-state index in [-0.39, 0.29) is 69.4 Å². The molecule has 0 saturated carbocycles. The Morgan fingerprint density at radius 2 is 0.590 bits per heavy atom. The van der Waals surface area contributed by atoms with Crippen molar-refractivity contribution in [3.63, 3.8) is 0 Å². The zero-order chi connectivity index (χ0) is 72.0. The van der Waals surface area contributed by atoms with E-state index in [9.17, 15) is 52.8 Å². The Kier molecular flexibility index (Phi) is 24.4. The fourth-order valence-corrected chi connectivity index (χ4v) is 13.2. The summed E-state index contributed by atoms with van der Waals surface area (Å²) in [5.74, 6) is 7.75. The Bertz CT molecular complexity index is 5180. The first-order valence-corrected chi connectivity index (χ1v) is 35.3. The predicted molar refractivity (Wildman–Crippen MR) is 375 cm³/mol. The molecule has 0 spiro atoms. The van der Waals surface area contributed by atoms with Gasteiger partial charge in [0.25, 0.3) is 63.7 Å². The molecule has 0 aliphatic rings. The average molecular weight is 1410 g/mol. The number of nitrogens with one attached hydrogen (secondary N) is 4. The minimum atomic E-state index is -3.85. The van der Waals surface area contributed by atoms with Crippen LogP contribution >= 0.6 is 0 Å². The Hall–Kier alpha value is -12.7. The highest BCUT2D eigenvalue weighted by Gasteiger charge is 2.23. The second kappa shape index (κ2) is 33.3. The summed E-state index contributed by atoms with van der Waals surface area (Å²) in [4.78, 5) is 47.3. The number of terminal acetylenes is 4. The van der Waals surface area contributed by atoms with Gasteiger partial charge in [-0.05, 0) is 135 Å². The molecular formula is C72H60N12O12S4. The Balaban J connectivity index is 0.000000171. The lowest BCUT2D eigenvalue weighted by molar-refractivity contribution is 0.0950. The number of hydrogen-bond donors (Lipinski definition) is 4. The number of hydrogen-bond acceptors (Lipinski definition) is 16. The molecule has 4 N–H and O–H groups in total. The molecule has 100 heavy (non-hydrogen) atoms. The van der Waals surface area contributed by atoms with Gasteiger partial charge in [0.15, 0.2) is 0 Å². The largest absolute Gasteiger partial charge is 0.341 e. The van der Waals surface area contributed by atoms with Crippen molar-refractivity contribution in [2.75, 3.05) is 26.2 Å². The molecule has 0 aliphatic heterocycles. The summed E-state index contributed by atoms with van der Waals surface area (Å²) in [6.45, 7) is 4.38. The van der Waals surface area contributed by atoms with Gasteiger partial charge in [-0.15, -0.1) is 25.7 Å². The minimum Gasteiger partial charge on any atom is -0.341 e. The molecule has 0 atom stereocenters. The van der Waals surface area contributed by atoms with Gasteiger partial charge in [-0.25, -0.2) is 0 Å². The highest BCUT2D eigenvalue weighted by molar-refractivity contribution is 7.90. The van der Waals surface area contributed by atoms with Crippen LogP contribution in [0.5, 0.6) is 0 Å². The van der Waals surface area contributed by atoms with Crippen molar-refractivity contribution < 1.29 is 52.8 Å². The maximum atomic E-state index is 12.8. The first kappa shape index (κ1) is 73.1. The zero-order valence-electron chi connectivity index (χ0n) is 53.2. The number of nitrogens with zero attached hydrogens (tertiary/aromatic N) is 8. The van der Waals surface area contributed by atoms with E-state index in [0.717, 1.165) is 44.2 Å². The van der Waals surface area contributed by atoms with Crippen LogP contribution in [0.4, 0.5) is 0 Å². The van der Waals surface area contributed by atoms with Crippen LogP contribution in [0.15, 0.2) is 251 Å². The summed E-state index contributed by atoms with van der Waals surface area (Å²) in [5, 5.41) is 26.3. The third kappa shape index (κ3) is 18.4. The highest BCUT2D eigenvalue weighted by atomic mass is 32.2. The number of amides is 4. The molecule has 0 bridgehead atoms. The molecule has 4 aromatic heterocycles. The number of rotatable bonds is 19. The number of aryl methyl sites for hydroxylation is 2. The van der Waals surface area contributed by atoms with Crippen molar-refractivity contribution >= 4 is 63.7 Å². The number of benzene rings is 7. The van der Waals surface area contributed by atoms with Crippen molar-refractivity contribution in [1.82, 2.24) is 58.0 Å². The topological polar surface area (TPSA) is 324 Å². The quantitative estimate of drug-likeness (QED) is 0.0568. The molecule has 24 nitrogen and oxygen atoms in total. The monoisotopic (exact) mass is 1410 g/mol. The smallest absolute Gasteiger partial charge is 0.282 e. The number of aromatic nitrogens is 8.